The average Bonchev–Trinajstić information content (AvgIpc) is 3.11. The van der Waals surface area contributed by atoms with Crippen molar-refractivity contribution in [1.29, 1.82) is 0 Å². The summed E-state index contributed by atoms with van der Waals surface area (Å²) in [5.41, 5.74) is 1.33. The zero-order chi connectivity index (χ0) is 20.1. The number of hydrogen-bond donors (Lipinski definition) is 2. The van der Waals surface area contributed by atoms with Gasteiger partial charge < -0.3 is 10.6 Å². The molecule has 2 aromatic rings. The van der Waals surface area contributed by atoms with Crippen molar-refractivity contribution in [1.82, 2.24) is 10.6 Å². The molecule has 8 nitrogen and oxygen atoms in total. The molecule has 1 aliphatic heterocycles. The summed E-state index contributed by atoms with van der Waals surface area (Å²) in [6.07, 6.45) is 0. The summed E-state index contributed by atoms with van der Waals surface area (Å²) in [5, 5.41) is 16.2. The van der Waals surface area contributed by atoms with E-state index in [0.717, 1.165) is 17.3 Å². The minimum atomic E-state index is -0.644. The van der Waals surface area contributed by atoms with E-state index in [0.29, 0.717) is 13.1 Å². The third-order valence-electron chi connectivity index (χ3n) is 4.01. The first-order chi connectivity index (χ1) is 13.5. The van der Waals surface area contributed by atoms with Gasteiger partial charge in [0.2, 0.25) is 0 Å². The Morgan fingerprint density at radius 3 is 2.68 bits per heavy atom. The van der Waals surface area contributed by atoms with E-state index >= 15 is 0 Å². The Morgan fingerprint density at radius 1 is 1.29 bits per heavy atom. The van der Waals surface area contributed by atoms with E-state index in [9.17, 15) is 19.7 Å². The lowest BCUT2D eigenvalue weighted by molar-refractivity contribution is -0.384. The Bertz CT molecular complexity index is 995. The van der Waals surface area contributed by atoms with E-state index in [2.05, 4.69) is 22.5 Å². The van der Waals surface area contributed by atoms with Crippen LogP contribution in [-0.2, 0) is 0 Å². The highest BCUT2D eigenvalue weighted by Crippen LogP contribution is 2.25. The van der Waals surface area contributed by atoms with Gasteiger partial charge in [0.05, 0.1) is 11.5 Å². The van der Waals surface area contributed by atoms with Gasteiger partial charge in [-0.2, -0.15) is 0 Å². The lowest BCUT2D eigenvalue weighted by Gasteiger charge is -2.13. The van der Waals surface area contributed by atoms with E-state index in [1.54, 1.807) is 29.2 Å². The number of rotatable bonds is 4. The molecule has 28 heavy (non-hydrogen) atoms. The highest BCUT2D eigenvalue weighted by Gasteiger charge is 2.20. The second kappa shape index (κ2) is 8.41. The normalized spacial score (nSPS) is 12.8. The number of anilines is 1. The SMILES string of the molecule is O=C(NCC#Cc1ccc(N2CCNC2=O)cc1)c1ccc(Cl)c([N+](=O)[O-])c1. The largest absolute Gasteiger partial charge is 0.341 e. The number of nitrogens with zero attached hydrogens (tertiary/aromatic N) is 2. The van der Waals surface area contributed by atoms with Gasteiger partial charge in [0.15, 0.2) is 0 Å². The Labute approximate surface area is 165 Å². The van der Waals surface area contributed by atoms with Crippen molar-refractivity contribution in [3.63, 3.8) is 0 Å². The molecule has 1 saturated heterocycles. The van der Waals surface area contributed by atoms with Crippen LogP contribution in [0.3, 0.4) is 0 Å². The molecule has 2 N–H and O–H groups in total. The summed E-state index contributed by atoms with van der Waals surface area (Å²) in [5.74, 6) is 5.24. The number of hydrogen-bond acceptors (Lipinski definition) is 4. The maximum Gasteiger partial charge on any atom is 0.321 e. The predicted molar refractivity (Wildman–Crippen MR) is 105 cm³/mol. The summed E-state index contributed by atoms with van der Waals surface area (Å²) >= 11 is 5.73. The summed E-state index contributed by atoms with van der Waals surface area (Å²) in [6, 6.07) is 10.9. The molecule has 2 aromatic carbocycles. The van der Waals surface area contributed by atoms with Crippen LogP contribution in [0.4, 0.5) is 16.2 Å². The van der Waals surface area contributed by atoms with Crippen molar-refractivity contribution in [3.8, 4) is 11.8 Å². The second-order valence-corrected chi connectivity index (χ2v) is 6.25. The lowest BCUT2D eigenvalue weighted by Crippen LogP contribution is -2.27. The quantitative estimate of drug-likeness (QED) is 0.469. The molecule has 142 valence electrons. The number of amides is 3. The molecule has 0 aliphatic carbocycles. The molecule has 0 bridgehead atoms. The van der Waals surface area contributed by atoms with Crippen LogP contribution in [0.15, 0.2) is 42.5 Å². The number of urea groups is 1. The molecule has 0 aromatic heterocycles. The Balaban J connectivity index is 1.58. The van der Waals surface area contributed by atoms with Crippen LogP contribution in [-0.4, -0.2) is 36.5 Å². The molecule has 1 heterocycles. The Kier molecular flexibility index (Phi) is 5.77. The highest BCUT2D eigenvalue weighted by atomic mass is 35.5. The molecule has 0 unspecified atom stereocenters. The first-order valence-corrected chi connectivity index (χ1v) is 8.70. The van der Waals surface area contributed by atoms with Crippen LogP contribution in [0, 0.1) is 22.0 Å². The van der Waals surface area contributed by atoms with Crippen LogP contribution >= 0.6 is 11.6 Å². The maximum atomic E-state index is 12.1. The monoisotopic (exact) mass is 398 g/mol. The number of nitro groups is 1. The summed E-state index contributed by atoms with van der Waals surface area (Å²) in [6.45, 7) is 1.32. The number of nitro benzene ring substituents is 1. The zero-order valence-corrected chi connectivity index (χ0v) is 15.3. The van der Waals surface area contributed by atoms with E-state index < -0.39 is 10.8 Å². The molecular weight excluding hydrogens is 384 g/mol. The molecule has 0 spiro atoms. The van der Waals surface area contributed by atoms with E-state index in [1.165, 1.54) is 12.1 Å². The number of nitrogens with one attached hydrogen (secondary N) is 2. The standard InChI is InChI=1S/C19H15ClN4O4/c20-16-8-5-14(12-17(16)24(27)28)18(25)21-9-1-2-13-3-6-15(7-4-13)23-11-10-22-19(23)26/h3-8,12H,9-11H2,(H,21,25)(H,22,26). The van der Waals surface area contributed by atoms with Gasteiger partial charge in [-0.25, -0.2) is 4.79 Å². The first kappa shape index (κ1) is 19.2. The highest BCUT2D eigenvalue weighted by molar-refractivity contribution is 6.32. The summed E-state index contributed by atoms with van der Waals surface area (Å²) < 4.78 is 0. The summed E-state index contributed by atoms with van der Waals surface area (Å²) in [7, 11) is 0. The van der Waals surface area contributed by atoms with Gasteiger partial charge in [0, 0.05) is 36.0 Å². The topological polar surface area (TPSA) is 105 Å². The minimum absolute atomic E-state index is 0.0313. The van der Waals surface area contributed by atoms with E-state index in [4.69, 9.17) is 11.6 Å². The molecule has 1 aliphatic rings. The number of benzene rings is 2. The zero-order valence-electron chi connectivity index (χ0n) is 14.6. The molecule has 9 heteroatoms. The van der Waals surface area contributed by atoms with E-state index in [-0.39, 0.29) is 28.8 Å². The molecule has 0 saturated carbocycles. The lowest BCUT2D eigenvalue weighted by atomic mass is 10.2. The van der Waals surface area contributed by atoms with Gasteiger partial charge in [0.1, 0.15) is 5.02 Å². The molecule has 0 radical (unpaired) electrons. The van der Waals surface area contributed by atoms with Crippen molar-refractivity contribution in [2.75, 3.05) is 24.5 Å². The fourth-order valence-electron chi connectivity index (χ4n) is 2.61. The molecular formula is C19H15ClN4O4. The molecule has 0 atom stereocenters. The third kappa shape index (κ3) is 4.39. The van der Waals surface area contributed by atoms with Gasteiger partial charge in [-0.15, -0.1) is 0 Å². The molecule has 3 amide bonds. The van der Waals surface area contributed by atoms with Crippen molar-refractivity contribution >= 4 is 34.9 Å². The minimum Gasteiger partial charge on any atom is -0.341 e. The van der Waals surface area contributed by atoms with Crippen molar-refractivity contribution in [3.05, 3.63) is 68.7 Å². The smallest absolute Gasteiger partial charge is 0.321 e. The van der Waals surface area contributed by atoms with Gasteiger partial charge in [0.25, 0.3) is 11.6 Å². The van der Waals surface area contributed by atoms with Crippen LogP contribution in [0.1, 0.15) is 15.9 Å². The Morgan fingerprint density at radius 2 is 2.04 bits per heavy atom. The fourth-order valence-corrected chi connectivity index (χ4v) is 2.80. The third-order valence-corrected chi connectivity index (χ3v) is 4.33. The van der Waals surface area contributed by atoms with Gasteiger partial charge in [-0.3, -0.25) is 19.8 Å². The molecule has 1 fully saturated rings. The van der Waals surface area contributed by atoms with E-state index in [1.807, 2.05) is 0 Å². The number of carbonyl (C=O) groups is 2. The maximum absolute atomic E-state index is 12.1. The van der Waals surface area contributed by atoms with Crippen LogP contribution in [0.2, 0.25) is 5.02 Å². The molecule has 3 rings (SSSR count). The number of halogens is 1. The number of carbonyl (C=O) groups excluding carboxylic acids is 2. The average molecular weight is 399 g/mol. The fraction of sp³-hybridized carbons (Fsp3) is 0.158. The van der Waals surface area contributed by atoms with Crippen LogP contribution in [0.25, 0.3) is 0 Å². The van der Waals surface area contributed by atoms with Crippen LogP contribution in [0.5, 0.6) is 0 Å². The second-order valence-electron chi connectivity index (χ2n) is 5.84. The Hall–Kier alpha value is -3.57. The first-order valence-electron chi connectivity index (χ1n) is 8.32. The van der Waals surface area contributed by atoms with Gasteiger partial charge in [-0.05, 0) is 36.4 Å². The van der Waals surface area contributed by atoms with Crippen LogP contribution < -0.4 is 15.5 Å². The van der Waals surface area contributed by atoms with Crippen molar-refractivity contribution in [2.45, 2.75) is 0 Å². The predicted octanol–water partition coefficient (Wildman–Crippen LogP) is 2.56. The van der Waals surface area contributed by atoms with Gasteiger partial charge in [-0.1, -0.05) is 23.4 Å². The summed E-state index contributed by atoms with van der Waals surface area (Å²) in [4.78, 5) is 35.6. The van der Waals surface area contributed by atoms with Crippen molar-refractivity contribution < 1.29 is 14.5 Å². The van der Waals surface area contributed by atoms with Crippen molar-refractivity contribution in [2.24, 2.45) is 0 Å². The van der Waals surface area contributed by atoms with Gasteiger partial charge >= 0.3 is 6.03 Å².